The van der Waals surface area contributed by atoms with Gasteiger partial charge in [0.1, 0.15) is 0 Å². The summed E-state index contributed by atoms with van der Waals surface area (Å²) < 4.78 is 5.49. The summed E-state index contributed by atoms with van der Waals surface area (Å²) >= 11 is 0. The lowest BCUT2D eigenvalue weighted by atomic mass is 10.1. The van der Waals surface area contributed by atoms with Gasteiger partial charge in [-0.2, -0.15) is 0 Å². The normalized spacial score (nSPS) is 16.2. The van der Waals surface area contributed by atoms with Gasteiger partial charge in [0, 0.05) is 26.2 Å². The Morgan fingerprint density at radius 1 is 1.07 bits per heavy atom. The van der Waals surface area contributed by atoms with Gasteiger partial charge in [-0.05, 0) is 49.9 Å². The van der Waals surface area contributed by atoms with E-state index in [9.17, 15) is 5.11 Å². The Hall–Kier alpha value is -0.900. The van der Waals surface area contributed by atoms with E-state index in [1.54, 1.807) is 0 Å². The van der Waals surface area contributed by atoms with Gasteiger partial charge in [0.25, 0.3) is 0 Å². The minimum atomic E-state index is -0.549. The zero-order valence-electron chi connectivity index (χ0n) is 18.9. The molecule has 1 atom stereocenters. The number of halogens is 1. The molecule has 1 aromatic carbocycles. The first-order chi connectivity index (χ1) is 14.1. The number of likely N-dealkylation sites (tertiary alicyclic amines) is 1. The summed E-state index contributed by atoms with van der Waals surface area (Å²) in [4.78, 5) is 7.18. The number of aliphatic hydroxyl groups is 1. The summed E-state index contributed by atoms with van der Waals surface area (Å²) in [6.45, 7) is 12.5. The molecular formula is C23H41IN4O2. The van der Waals surface area contributed by atoms with Crippen molar-refractivity contribution in [3.63, 3.8) is 0 Å². The highest BCUT2D eigenvalue weighted by Crippen LogP contribution is 2.14. The lowest BCUT2D eigenvalue weighted by Crippen LogP contribution is -2.42. The Kier molecular flexibility index (Phi) is 14.3. The van der Waals surface area contributed by atoms with E-state index in [2.05, 4.69) is 58.6 Å². The van der Waals surface area contributed by atoms with Crippen LogP contribution in [0.4, 0.5) is 0 Å². The highest BCUT2D eigenvalue weighted by Gasteiger charge is 2.10. The standard InChI is InChI=1S/C23H40N4O2.HI/c1-4-24-23(26-15-22(28)18-29-17-19(2)3)25-14-20-8-10-21(11-9-20)16-27-12-6-5-7-13-27;/h8-11,19,22,28H,4-7,12-18H2,1-3H3,(H2,24,25,26);1H. The van der Waals surface area contributed by atoms with Crippen molar-refractivity contribution < 1.29 is 9.84 Å². The molecule has 1 unspecified atom stereocenters. The first kappa shape index (κ1) is 27.1. The van der Waals surface area contributed by atoms with Crippen LogP contribution in [-0.2, 0) is 17.8 Å². The van der Waals surface area contributed by atoms with Crippen molar-refractivity contribution in [1.82, 2.24) is 15.5 Å². The van der Waals surface area contributed by atoms with Crippen LogP contribution in [-0.4, -0.2) is 61.5 Å². The molecule has 172 valence electrons. The maximum absolute atomic E-state index is 10.1. The smallest absolute Gasteiger partial charge is 0.191 e. The molecule has 1 aliphatic rings. The van der Waals surface area contributed by atoms with Crippen molar-refractivity contribution in [2.75, 3.05) is 39.4 Å². The predicted molar refractivity (Wildman–Crippen MR) is 135 cm³/mol. The topological polar surface area (TPSA) is 69.1 Å². The SMILES string of the molecule is CCNC(=NCc1ccc(CN2CCCCC2)cc1)NCC(O)COCC(C)C.I. The van der Waals surface area contributed by atoms with Crippen molar-refractivity contribution in [2.45, 2.75) is 59.2 Å². The molecule has 0 aromatic heterocycles. The number of aliphatic hydroxyl groups excluding tert-OH is 1. The first-order valence-electron chi connectivity index (χ1n) is 11.1. The van der Waals surface area contributed by atoms with Crippen LogP contribution in [0.2, 0.25) is 0 Å². The van der Waals surface area contributed by atoms with Gasteiger partial charge in [-0.3, -0.25) is 4.90 Å². The molecule has 6 nitrogen and oxygen atoms in total. The number of aliphatic imine (C=N–C) groups is 1. The highest BCUT2D eigenvalue weighted by molar-refractivity contribution is 14.0. The van der Waals surface area contributed by atoms with Gasteiger partial charge < -0.3 is 20.5 Å². The van der Waals surface area contributed by atoms with Crippen LogP contribution >= 0.6 is 24.0 Å². The Bertz CT molecular complexity index is 589. The van der Waals surface area contributed by atoms with Gasteiger partial charge in [0.2, 0.25) is 0 Å². The van der Waals surface area contributed by atoms with Crippen LogP contribution in [0.25, 0.3) is 0 Å². The number of piperidine rings is 1. The fraction of sp³-hybridized carbons (Fsp3) is 0.696. The summed E-state index contributed by atoms with van der Waals surface area (Å²) in [5, 5.41) is 16.5. The molecule has 1 aliphatic heterocycles. The highest BCUT2D eigenvalue weighted by atomic mass is 127. The van der Waals surface area contributed by atoms with Gasteiger partial charge in [0.15, 0.2) is 5.96 Å². The average Bonchev–Trinajstić information content (AvgIpc) is 2.71. The largest absolute Gasteiger partial charge is 0.389 e. The predicted octanol–water partition coefficient (Wildman–Crippen LogP) is 3.38. The molecule has 0 bridgehead atoms. The number of hydrogen-bond donors (Lipinski definition) is 3. The molecule has 1 heterocycles. The molecule has 0 saturated carbocycles. The quantitative estimate of drug-likeness (QED) is 0.232. The Labute approximate surface area is 199 Å². The number of nitrogens with one attached hydrogen (secondary N) is 2. The third-order valence-electron chi connectivity index (χ3n) is 4.91. The van der Waals surface area contributed by atoms with Crippen molar-refractivity contribution in [2.24, 2.45) is 10.9 Å². The number of nitrogens with zero attached hydrogens (tertiary/aromatic N) is 2. The van der Waals surface area contributed by atoms with Gasteiger partial charge in [0.05, 0.1) is 19.3 Å². The van der Waals surface area contributed by atoms with E-state index in [4.69, 9.17) is 4.74 Å². The van der Waals surface area contributed by atoms with Crippen molar-refractivity contribution in [3.8, 4) is 0 Å². The zero-order chi connectivity index (χ0) is 20.9. The minimum absolute atomic E-state index is 0. The monoisotopic (exact) mass is 532 g/mol. The van der Waals surface area contributed by atoms with E-state index < -0.39 is 6.10 Å². The number of guanidine groups is 1. The maximum atomic E-state index is 10.1. The van der Waals surface area contributed by atoms with E-state index in [0.29, 0.717) is 38.2 Å². The second-order valence-electron chi connectivity index (χ2n) is 8.31. The molecule has 0 aliphatic carbocycles. The zero-order valence-corrected chi connectivity index (χ0v) is 21.2. The van der Waals surface area contributed by atoms with Crippen LogP contribution in [0.5, 0.6) is 0 Å². The van der Waals surface area contributed by atoms with Crippen molar-refractivity contribution >= 4 is 29.9 Å². The second kappa shape index (κ2) is 15.8. The summed E-state index contributed by atoms with van der Waals surface area (Å²) in [6, 6.07) is 8.77. The Balaban J connectivity index is 0.00000450. The molecule has 1 aromatic rings. The molecule has 0 spiro atoms. The second-order valence-corrected chi connectivity index (χ2v) is 8.31. The molecule has 0 radical (unpaired) electrons. The van der Waals surface area contributed by atoms with Gasteiger partial charge in [-0.25, -0.2) is 4.99 Å². The van der Waals surface area contributed by atoms with E-state index in [-0.39, 0.29) is 24.0 Å². The Morgan fingerprint density at radius 2 is 1.73 bits per heavy atom. The molecule has 0 amide bonds. The molecule has 2 rings (SSSR count). The lowest BCUT2D eigenvalue weighted by molar-refractivity contribution is 0.0280. The van der Waals surface area contributed by atoms with Gasteiger partial charge in [-0.15, -0.1) is 24.0 Å². The van der Waals surface area contributed by atoms with Crippen LogP contribution in [0.3, 0.4) is 0 Å². The first-order valence-corrected chi connectivity index (χ1v) is 11.1. The number of rotatable bonds is 11. The third kappa shape index (κ3) is 11.5. The molecule has 30 heavy (non-hydrogen) atoms. The van der Waals surface area contributed by atoms with Crippen LogP contribution in [0.1, 0.15) is 51.2 Å². The minimum Gasteiger partial charge on any atom is -0.389 e. The molecular weight excluding hydrogens is 491 g/mol. The Morgan fingerprint density at radius 3 is 2.37 bits per heavy atom. The third-order valence-corrected chi connectivity index (χ3v) is 4.91. The van der Waals surface area contributed by atoms with Gasteiger partial charge >= 0.3 is 0 Å². The number of hydrogen-bond acceptors (Lipinski definition) is 4. The summed E-state index contributed by atoms with van der Waals surface area (Å²) in [5.74, 6) is 1.19. The van der Waals surface area contributed by atoms with E-state index in [1.165, 1.54) is 43.5 Å². The van der Waals surface area contributed by atoms with Crippen LogP contribution in [0.15, 0.2) is 29.3 Å². The van der Waals surface area contributed by atoms with E-state index in [1.807, 2.05) is 6.92 Å². The summed E-state index contributed by atoms with van der Waals surface area (Å²) in [6.07, 6.45) is 3.47. The molecule has 1 saturated heterocycles. The van der Waals surface area contributed by atoms with E-state index >= 15 is 0 Å². The molecule has 3 N–H and O–H groups in total. The van der Waals surface area contributed by atoms with Crippen LogP contribution < -0.4 is 10.6 Å². The maximum Gasteiger partial charge on any atom is 0.191 e. The van der Waals surface area contributed by atoms with E-state index in [0.717, 1.165) is 13.1 Å². The average molecular weight is 533 g/mol. The van der Waals surface area contributed by atoms with Gasteiger partial charge in [-0.1, -0.05) is 44.5 Å². The lowest BCUT2D eigenvalue weighted by Gasteiger charge is -2.26. The summed E-state index contributed by atoms with van der Waals surface area (Å²) in [5.41, 5.74) is 2.56. The fourth-order valence-corrected chi connectivity index (χ4v) is 3.35. The summed E-state index contributed by atoms with van der Waals surface area (Å²) in [7, 11) is 0. The number of benzene rings is 1. The fourth-order valence-electron chi connectivity index (χ4n) is 3.35. The molecule has 1 fully saturated rings. The van der Waals surface area contributed by atoms with Crippen LogP contribution in [0, 0.1) is 5.92 Å². The number of ether oxygens (including phenoxy) is 1. The molecule has 7 heteroatoms. The van der Waals surface area contributed by atoms with Crippen molar-refractivity contribution in [1.29, 1.82) is 0 Å². The van der Waals surface area contributed by atoms with Crippen molar-refractivity contribution in [3.05, 3.63) is 35.4 Å².